The molecule has 0 aromatic rings. The molecule has 0 radical (unpaired) electrons. The van der Waals surface area contributed by atoms with Crippen LogP contribution in [0.5, 0.6) is 0 Å². The van der Waals surface area contributed by atoms with E-state index in [1.165, 1.54) is 0 Å². The van der Waals surface area contributed by atoms with Crippen LogP contribution in [0, 0.1) is 0 Å². The molecule has 17 heteroatoms. The van der Waals surface area contributed by atoms with E-state index in [9.17, 15) is 47.6 Å². The molecule has 0 saturated heterocycles. The molecule has 0 N–H and O–H groups in total. The molecular weight excluding hydrogens is 332 g/mol. The summed E-state index contributed by atoms with van der Waals surface area (Å²) < 4.78 is 48.5. The van der Waals surface area contributed by atoms with Gasteiger partial charge in [0, 0.05) is 0 Å². The summed E-state index contributed by atoms with van der Waals surface area (Å²) in [5.41, 5.74) is 0. The molecule has 0 aromatic carbocycles. The maximum atomic E-state index is 10.4. The van der Waals surface area contributed by atoms with Crippen LogP contribution in [-0.4, -0.2) is 0 Å². The van der Waals surface area contributed by atoms with Crippen LogP contribution in [0.2, 0.25) is 0 Å². The average molecular weight is 332 g/mol. The van der Waals surface area contributed by atoms with Gasteiger partial charge in [0.15, 0.2) is 0 Å². The van der Waals surface area contributed by atoms with Gasteiger partial charge in [-0.25, -0.2) is 4.31 Å². The zero-order valence-corrected chi connectivity index (χ0v) is 10.7. The van der Waals surface area contributed by atoms with E-state index in [4.69, 9.17) is 0 Å². The highest BCUT2D eigenvalue weighted by molar-refractivity contribution is 7.67. The minimum absolute atomic E-state index is 2.65. The third-order valence-electron chi connectivity index (χ3n) is 0.600. The van der Waals surface area contributed by atoms with Gasteiger partial charge in [0.25, 0.3) is 15.6 Å². The lowest BCUT2D eigenvalue weighted by Crippen LogP contribution is -2.22. The van der Waals surface area contributed by atoms with Gasteiger partial charge >= 0.3 is 0 Å². The molecule has 13 nitrogen and oxygen atoms in total. The van der Waals surface area contributed by atoms with Gasteiger partial charge in [-0.05, 0) is 0 Å². The van der Waals surface area contributed by atoms with Gasteiger partial charge in [-0.15, -0.1) is 0 Å². The average Bonchev–Trinajstić information content (AvgIpc) is 1.65. The van der Waals surface area contributed by atoms with Gasteiger partial charge in [-0.3, -0.25) is 17.8 Å². The number of phosphoric acid groups is 4. The minimum Gasteiger partial charge on any atom is -0.790 e. The topological polar surface area (TPSA) is 234 Å². The van der Waals surface area contributed by atoms with Crippen molar-refractivity contribution in [2.75, 3.05) is 0 Å². The van der Waals surface area contributed by atoms with Crippen LogP contribution in [0.15, 0.2) is 0 Å². The first-order chi connectivity index (χ1) is 7.12. The lowest BCUT2D eigenvalue weighted by atomic mass is 15.7. The van der Waals surface area contributed by atoms with Crippen molar-refractivity contribution in [3.05, 3.63) is 0 Å². The molecule has 0 aliphatic heterocycles. The highest BCUT2D eigenvalue weighted by atomic mass is 31.3. The van der Waals surface area contributed by atoms with E-state index in [0.717, 1.165) is 0 Å². The highest BCUT2D eigenvalue weighted by Gasteiger charge is 2.22. The van der Waals surface area contributed by atoms with E-state index < -0.39 is 31.3 Å². The summed E-state index contributed by atoms with van der Waals surface area (Å²) in [5, 5.41) is 0. The molecule has 0 spiro atoms. The quantitative estimate of drug-likeness (QED) is 0.418. The number of hydrogen-bond acceptors (Lipinski definition) is 13. The maximum Gasteiger partial charge on any atom is 0.278 e. The Labute approximate surface area is 92.7 Å². The monoisotopic (exact) mass is 332 g/mol. The fourth-order valence-electron chi connectivity index (χ4n) is 0.397. The minimum atomic E-state index is -6.26. The summed E-state index contributed by atoms with van der Waals surface area (Å²) in [4.78, 5) is 60.0. The van der Waals surface area contributed by atoms with Crippen LogP contribution >= 0.6 is 31.3 Å². The Morgan fingerprint density at radius 2 is 0.765 bits per heavy atom. The Hall–Kier alpha value is 0.560. The summed E-state index contributed by atoms with van der Waals surface area (Å²) in [5.74, 6) is 0. The summed E-state index contributed by atoms with van der Waals surface area (Å²) >= 11 is 0. The Morgan fingerprint density at radius 1 is 0.529 bits per heavy atom. The van der Waals surface area contributed by atoms with Crippen molar-refractivity contribution >= 4 is 31.3 Å². The van der Waals surface area contributed by atoms with Gasteiger partial charge in [0.1, 0.15) is 0 Å². The second-order valence-corrected chi connectivity index (χ2v) is 7.57. The van der Waals surface area contributed by atoms with Gasteiger partial charge in [0.05, 0.1) is 15.6 Å². The standard InChI is InChI=1S/H6O13P4/c1-14(2,3)11-16(7,8)13-17(9,10)12-15(4,5)6/h(H,7,8)(H,9,10)(H2,1,2,3)(H2,4,5,6)/p-6. The van der Waals surface area contributed by atoms with Crippen molar-refractivity contribution in [3.63, 3.8) is 0 Å². The Morgan fingerprint density at radius 3 is 0.941 bits per heavy atom. The molecule has 0 heterocycles. The van der Waals surface area contributed by atoms with Crippen LogP contribution in [-0.2, 0) is 31.2 Å². The molecule has 0 aliphatic carbocycles. The largest absolute Gasteiger partial charge is 0.790 e. The van der Waals surface area contributed by atoms with Crippen LogP contribution in [0.3, 0.4) is 0 Å². The van der Waals surface area contributed by atoms with Crippen LogP contribution in [0.1, 0.15) is 0 Å². The number of hydrogen-bond donors (Lipinski definition) is 0. The van der Waals surface area contributed by atoms with Gasteiger partial charge in [0.2, 0.25) is 0 Å². The van der Waals surface area contributed by atoms with Crippen molar-refractivity contribution in [1.82, 2.24) is 0 Å². The molecule has 0 aliphatic rings. The van der Waals surface area contributed by atoms with Gasteiger partial charge in [-0.2, -0.15) is 0 Å². The molecule has 0 saturated carbocycles. The van der Waals surface area contributed by atoms with Crippen molar-refractivity contribution in [3.8, 4) is 0 Å². The first-order valence-corrected chi connectivity index (χ1v) is 8.76. The third kappa shape index (κ3) is 10.2. The molecule has 0 amide bonds. The van der Waals surface area contributed by atoms with E-state index in [2.05, 4.69) is 12.9 Å². The molecule has 2 unspecified atom stereocenters. The molecule has 0 rings (SSSR count). The van der Waals surface area contributed by atoms with Crippen molar-refractivity contribution in [2.45, 2.75) is 0 Å². The molecule has 2 atom stereocenters. The summed E-state index contributed by atoms with van der Waals surface area (Å²) in [6.07, 6.45) is 0. The molecule has 0 aromatic heterocycles. The van der Waals surface area contributed by atoms with Crippen molar-refractivity contribution < 1.29 is 60.6 Å². The second kappa shape index (κ2) is 5.28. The Kier molecular flexibility index (Phi) is 5.45. The highest BCUT2D eigenvalue weighted by Crippen LogP contribution is 2.63. The summed E-state index contributed by atoms with van der Waals surface area (Å²) in [6, 6.07) is 0. The fraction of sp³-hybridized carbons (Fsp3) is 0. The zero-order valence-electron chi connectivity index (χ0n) is 7.10. The zero-order chi connectivity index (χ0) is 14.1. The van der Waals surface area contributed by atoms with Gasteiger partial charge in [-0.1, -0.05) is 0 Å². The van der Waals surface area contributed by atoms with Crippen LogP contribution < -0.4 is 29.4 Å². The van der Waals surface area contributed by atoms with E-state index in [-0.39, 0.29) is 0 Å². The molecule has 104 valence electrons. The normalized spacial score (nSPS) is 20.6. The van der Waals surface area contributed by atoms with Gasteiger partial charge < -0.3 is 38.5 Å². The van der Waals surface area contributed by atoms with E-state index in [0.29, 0.717) is 0 Å². The first kappa shape index (κ1) is 17.6. The lowest BCUT2D eigenvalue weighted by molar-refractivity contribution is -0.339. The molecular formula is O13P4-6. The number of rotatable bonds is 6. The lowest BCUT2D eigenvalue weighted by Gasteiger charge is -2.40. The fourth-order valence-corrected chi connectivity index (χ4v) is 4.11. The molecule has 0 fully saturated rings. The Bertz CT molecular complexity index is 402. The molecule has 0 bridgehead atoms. The SMILES string of the molecule is O=P([O-])([O-])OP(=O)([O-])OP(=O)([O-])OP(=O)([O-])[O-]. The van der Waals surface area contributed by atoms with Crippen molar-refractivity contribution in [1.29, 1.82) is 0 Å². The summed E-state index contributed by atoms with van der Waals surface area (Å²) in [6.45, 7) is 0. The summed E-state index contributed by atoms with van der Waals surface area (Å²) in [7, 11) is -24.9. The van der Waals surface area contributed by atoms with E-state index >= 15 is 0 Å². The maximum absolute atomic E-state index is 10.4. The van der Waals surface area contributed by atoms with Crippen LogP contribution in [0.4, 0.5) is 0 Å². The Balaban J connectivity index is 4.84. The molecule has 17 heavy (non-hydrogen) atoms. The predicted octanol–water partition coefficient (Wildman–Crippen LogP) is -4.37. The smallest absolute Gasteiger partial charge is 0.278 e. The second-order valence-electron chi connectivity index (χ2n) is 2.03. The van der Waals surface area contributed by atoms with Crippen molar-refractivity contribution in [2.24, 2.45) is 0 Å². The van der Waals surface area contributed by atoms with Crippen LogP contribution in [0.25, 0.3) is 0 Å². The van der Waals surface area contributed by atoms with E-state index in [1.807, 2.05) is 0 Å². The first-order valence-electron chi connectivity index (χ1n) is 2.92. The third-order valence-corrected chi connectivity index (χ3v) is 5.40. The predicted molar refractivity (Wildman–Crippen MR) is 33.7 cm³/mol. The van der Waals surface area contributed by atoms with E-state index in [1.54, 1.807) is 0 Å².